The fourth-order valence-corrected chi connectivity index (χ4v) is 3.52. The minimum Gasteiger partial charge on any atom is -0.497 e. The van der Waals surface area contributed by atoms with E-state index in [9.17, 15) is 22.0 Å². The summed E-state index contributed by atoms with van der Waals surface area (Å²) in [5, 5.41) is 2.77. The van der Waals surface area contributed by atoms with E-state index in [1.54, 1.807) is 31.4 Å². The highest BCUT2D eigenvalue weighted by molar-refractivity contribution is 7.92. The number of carbonyl (C=O) groups excluding carboxylic acids is 1. The van der Waals surface area contributed by atoms with E-state index in [0.29, 0.717) is 12.2 Å². The Morgan fingerprint density at radius 3 is 2.29 bits per heavy atom. The van der Waals surface area contributed by atoms with Gasteiger partial charge in [-0.05, 0) is 36.2 Å². The summed E-state index contributed by atoms with van der Waals surface area (Å²) in [6, 6.07) is 9.44. The third-order valence-corrected chi connectivity index (χ3v) is 5.28. The van der Waals surface area contributed by atoms with Gasteiger partial charge in [-0.2, -0.15) is 0 Å². The summed E-state index contributed by atoms with van der Waals surface area (Å²) in [5.41, 5.74) is 0.699. The fraction of sp³-hybridized carbons (Fsp3) is 0.316. The van der Waals surface area contributed by atoms with Crippen molar-refractivity contribution in [3.63, 3.8) is 0 Å². The van der Waals surface area contributed by atoms with Crippen LogP contribution >= 0.6 is 0 Å². The molecular weight excluding hydrogens is 390 g/mol. The van der Waals surface area contributed by atoms with Crippen molar-refractivity contribution in [3.8, 4) is 5.75 Å². The molecule has 0 fully saturated rings. The zero-order valence-corrected chi connectivity index (χ0v) is 16.6. The van der Waals surface area contributed by atoms with Gasteiger partial charge in [-0.3, -0.25) is 9.10 Å². The van der Waals surface area contributed by atoms with Crippen LogP contribution in [0.5, 0.6) is 5.75 Å². The summed E-state index contributed by atoms with van der Waals surface area (Å²) in [7, 11) is -2.34. The number of halogens is 2. The van der Waals surface area contributed by atoms with E-state index in [1.807, 2.05) is 6.92 Å². The molecule has 0 bridgehead atoms. The minimum atomic E-state index is -3.89. The number of ether oxygens (including phenoxy) is 1. The molecular formula is C19H22F2N2O4S. The van der Waals surface area contributed by atoms with Crippen LogP contribution in [0, 0.1) is 11.6 Å². The summed E-state index contributed by atoms with van der Waals surface area (Å²) < 4.78 is 56.6. The van der Waals surface area contributed by atoms with Crippen molar-refractivity contribution in [1.29, 1.82) is 0 Å². The Bertz CT molecular complexity index is 933. The molecule has 0 aliphatic rings. The number of amides is 1. The van der Waals surface area contributed by atoms with Crippen molar-refractivity contribution in [2.45, 2.75) is 19.4 Å². The van der Waals surface area contributed by atoms with E-state index in [4.69, 9.17) is 4.74 Å². The van der Waals surface area contributed by atoms with E-state index >= 15 is 0 Å². The lowest BCUT2D eigenvalue weighted by Gasteiger charge is -2.24. The zero-order chi connectivity index (χ0) is 20.9. The van der Waals surface area contributed by atoms with Crippen LogP contribution in [-0.2, 0) is 14.8 Å². The first kappa shape index (κ1) is 21.6. The molecule has 2 rings (SSSR count). The van der Waals surface area contributed by atoms with Gasteiger partial charge in [0.25, 0.3) is 0 Å². The van der Waals surface area contributed by atoms with Crippen molar-refractivity contribution in [2.75, 3.05) is 24.2 Å². The zero-order valence-electron chi connectivity index (χ0n) is 15.8. The van der Waals surface area contributed by atoms with Gasteiger partial charge in [-0.25, -0.2) is 17.2 Å². The third-order valence-electron chi connectivity index (χ3n) is 4.14. The first-order valence-electron chi connectivity index (χ1n) is 8.51. The topological polar surface area (TPSA) is 75.7 Å². The van der Waals surface area contributed by atoms with Gasteiger partial charge in [0.1, 0.15) is 12.3 Å². The molecule has 1 amide bonds. The van der Waals surface area contributed by atoms with Gasteiger partial charge in [0.15, 0.2) is 11.6 Å². The molecule has 0 radical (unpaired) electrons. The Morgan fingerprint density at radius 2 is 1.79 bits per heavy atom. The van der Waals surface area contributed by atoms with Crippen molar-refractivity contribution in [1.82, 2.24) is 5.32 Å². The van der Waals surface area contributed by atoms with Crippen LogP contribution in [-0.4, -0.2) is 34.2 Å². The van der Waals surface area contributed by atoms with Crippen LogP contribution in [0.15, 0.2) is 42.5 Å². The summed E-state index contributed by atoms with van der Waals surface area (Å²) in [5.74, 6) is -2.20. The molecule has 0 heterocycles. The largest absolute Gasteiger partial charge is 0.497 e. The second kappa shape index (κ2) is 9.01. The van der Waals surface area contributed by atoms with E-state index < -0.39 is 34.1 Å². The Hall–Kier alpha value is -2.68. The number of nitrogens with one attached hydrogen (secondary N) is 1. The molecule has 0 aliphatic carbocycles. The number of anilines is 1. The predicted octanol–water partition coefficient (Wildman–Crippen LogP) is 3.01. The number of benzene rings is 2. The molecule has 0 saturated heterocycles. The molecule has 28 heavy (non-hydrogen) atoms. The van der Waals surface area contributed by atoms with Crippen LogP contribution in [0.1, 0.15) is 24.9 Å². The SMILES string of the molecule is CC[C@H](NC(=O)CN(c1ccc(F)c(F)c1)S(C)(=O)=O)c1ccc(OC)cc1. The minimum absolute atomic E-state index is 0.131. The lowest BCUT2D eigenvalue weighted by Crippen LogP contribution is -2.41. The maximum absolute atomic E-state index is 13.5. The average Bonchev–Trinajstić information content (AvgIpc) is 2.65. The molecule has 0 saturated carbocycles. The molecule has 9 heteroatoms. The van der Waals surface area contributed by atoms with Gasteiger partial charge in [0, 0.05) is 6.07 Å². The average molecular weight is 412 g/mol. The molecule has 2 aromatic rings. The number of rotatable bonds is 8. The number of hydrogen-bond acceptors (Lipinski definition) is 4. The molecule has 152 valence electrons. The highest BCUT2D eigenvalue weighted by Gasteiger charge is 2.23. The first-order chi connectivity index (χ1) is 13.2. The number of sulfonamides is 1. The van der Waals surface area contributed by atoms with E-state index in [2.05, 4.69) is 5.32 Å². The Morgan fingerprint density at radius 1 is 1.14 bits per heavy atom. The molecule has 1 N–H and O–H groups in total. The lowest BCUT2D eigenvalue weighted by molar-refractivity contribution is -0.120. The van der Waals surface area contributed by atoms with Gasteiger partial charge in [0.05, 0.1) is 25.1 Å². The highest BCUT2D eigenvalue weighted by Crippen LogP contribution is 2.22. The van der Waals surface area contributed by atoms with Crippen LogP contribution in [0.2, 0.25) is 0 Å². The molecule has 0 spiro atoms. The molecule has 0 unspecified atom stereocenters. The molecule has 0 aromatic heterocycles. The predicted molar refractivity (Wildman–Crippen MR) is 103 cm³/mol. The van der Waals surface area contributed by atoms with Crippen molar-refractivity contribution >= 4 is 21.6 Å². The normalized spacial score (nSPS) is 12.3. The monoisotopic (exact) mass is 412 g/mol. The Kier molecular flexibility index (Phi) is 6.95. The van der Waals surface area contributed by atoms with Crippen LogP contribution in [0.25, 0.3) is 0 Å². The number of methoxy groups -OCH3 is 1. The first-order valence-corrected chi connectivity index (χ1v) is 10.4. The maximum atomic E-state index is 13.5. The van der Waals surface area contributed by atoms with E-state index in [-0.39, 0.29) is 11.7 Å². The Balaban J connectivity index is 2.19. The van der Waals surface area contributed by atoms with Crippen molar-refractivity contribution < 1.29 is 26.7 Å². The van der Waals surface area contributed by atoms with Crippen molar-refractivity contribution in [3.05, 3.63) is 59.7 Å². The van der Waals surface area contributed by atoms with Gasteiger partial charge in [-0.1, -0.05) is 19.1 Å². The second-order valence-corrected chi connectivity index (χ2v) is 8.08. The van der Waals surface area contributed by atoms with E-state index in [0.717, 1.165) is 34.3 Å². The van der Waals surface area contributed by atoms with Gasteiger partial charge < -0.3 is 10.1 Å². The lowest BCUT2D eigenvalue weighted by atomic mass is 10.0. The number of hydrogen-bond donors (Lipinski definition) is 1. The fourth-order valence-electron chi connectivity index (χ4n) is 2.67. The Labute approximate surface area is 163 Å². The molecule has 1 atom stereocenters. The van der Waals surface area contributed by atoms with Crippen LogP contribution in [0.3, 0.4) is 0 Å². The third kappa shape index (κ3) is 5.41. The van der Waals surface area contributed by atoms with E-state index in [1.165, 1.54) is 0 Å². The standard InChI is InChI=1S/C19H22F2N2O4S/c1-4-18(13-5-8-15(27-2)9-6-13)22-19(24)12-23(28(3,25)26)14-7-10-16(20)17(21)11-14/h5-11,18H,4,12H2,1-3H3,(H,22,24)/t18-/m0/s1. The van der Waals surface area contributed by atoms with Gasteiger partial charge >= 0.3 is 0 Å². The highest BCUT2D eigenvalue weighted by atomic mass is 32.2. The van der Waals surface area contributed by atoms with Gasteiger partial charge in [0.2, 0.25) is 15.9 Å². The van der Waals surface area contributed by atoms with Crippen LogP contribution in [0.4, 0.5) is 14.5 Å². The summed E-state index contributed by atoms with van der Waals surface area (Å²) in [4.78, 5) is 12.5. The summed E-state index contributed by atoms with van der Waals surface area (Å²) in [6.07, 6.45) is 1.46. The van der Waals surface area contributed by atoms with Crippen molar-refractivity contribution in [2.24, 2.45) is 0 Å². The summed E-state index contributed by atoms with van der Waals surface area (Å²) in [6.45, 7) is 1.31. The maximum Gasteiger partial charge on any atom is 0.241 e. The van der Waals surface area contributed by atoms with Gasteiger partial charge in [-0.15, -0.1) is 0 Å². The number of nitrogens with zero attached hydrogens (tertiary/aromatic N) is 1. The second-order valence-electron chi connectivity index (χ2n) is 6.17. The van der Waals surface area contributed by atoms with Crippen LogP contribution < -0.4 is 14.4 Å². The summed E-state index contributed by atoms with van der Waals surface area (Å²) >= 11 is 0. The quantitative estimate of drug-likeness (QED) is 0.723. The molecule has 0 aliphatic heterocycles. The number of carbonyl (C=O) groups is 1. The smallest absolute Gasteiger partial charge is 0.241 e. The molecule has 6 nitrogen and oxygen atoms in total. The molecule has 2 aromatic carbocycles.